The second-order valence-corrected chi connectivity index (χ2v) is 6.91. The second kappa shape index (κ2) is 5.02. The molecule has 1 aliphatic rings. The molecule has 2 rings (SSSR count). The van der Waals surface area contributed by atoms with Crippen LogP contribution in [0.5, 0.6) is 0 Å². The first-order valence-electron chi connectivity index (χ1n) is 5.88. The predicted octanol–water partition coefficient (Wildman–Crippen LogP) is 3.08. The van der Waals surface area contributed by atoms with Gasteiger partial charge in [0.05, 0.1) is 0 Å². The van der Waals surface area contributed by atoms with Crippen LogP contribution in [0.25, 0.3) is 0 Å². The monoisotopic (exact) mass is 271 g/mol. The third kappa shape index (κ3) is 2.86. The van der Waals surface area contributed by atoms with Gasteiger partial charge in [0.15, 0.2) is 0 Å². The standard InChI is InChI=1S/C12H18ClN3S/c1-7-5-16(6-8(2)17-7)12-9(3)11(13)14-10(4)15-12/h7-8H,5-6H2,1-4H3. The summed E-state index contributed by atoms with van der Waals surface area (Å²) in [7, 11) is 0. The third-order valence-corrected chi connectivity index (χ3v) is 4.49. The molecule has 17 heavy (non-hydrogen) atoms. The van der Waals surface area contributed by atoms with Gasteiger partial charge in [0, 0.05) is 29.2 Å². The van der Waals surface area contributed by atoms with E-state index in [9.17, 15) is 0 Å². The third-order valence-electron chi connectivity index (χ3n) is 2.89. The zero-order valence-corrected chi connectivity index (χ0v) is 12.3. The molecule has 0 aromatic carbocycles. The van der Waals surface area contributed by atoms with Gasteiger partial charge in [-0.25, -0.2) is 9.97 Å². The number of hydrogen-bond donors (Lipinski definition) is 0. The normalized spacial score (nSPS) is 25.1. The predicted molar refractivity (Wildman–Crippen MR) is 75.2 cm³/mol. The van der Waals surface area contributed by atoms with Gasteiger partial charge in [0.25, 0.3) is 0 Å². The van der Waals surface area contributed by atoms with Crippen molar-refractivity contribution in [3.8, 4) is 0 Å². The van der Waals surface area contributed by atoms with Crippen molar-refractivity contribution in [2.75, 3.05) is 18.0 Å². The lowest BCUT2D eigenvalue weighted by Crippen LogP contribution is -2.41. The van der Waals surface area contributed by atoms with Gasteiger partial charge in [0.2, 0.25) is 0 Å². The fraction of sp³-hybridized carbons (Fsp3) is 0.667. The van der Waals surface area contributed by atoms with Crippen LogP contribution in [0.2, 0.25) is 5.15 Å². The lowest BCUT2D eigenvalue weighted by Gasteiger charge is -2.36. The van der Waals surface area contributed by atoms with Gasteiger partial charge in [0.1, 0.15) is 16.8 Å². The summed E-state index contributed by atoms with van der Waals surface area (Å²) in [5, 5.41) is 1.84. The van der Waals surface area contributed by atoms with Crippen LogP contribution in [0, 0.1) is 13.8 Å². The molecule has 3 nitrogen and oxygen atoms in total. The highest BCUT2D eigenvalue weighted by atomic mass is 35.5. The Morgan fingerprint density at radius 3 is 2.35 bits per heavy atom. The summed E-state index contributed by atoms with van der Waals surface area (Å²) in [5.41, 5.74) is 0.989. The number of rotatable bonds is 1. The molecule has 0 radical (unpaired) electrons. The van der Waals surface area contributed by atoms with Crippen molar-refractivity contribution in [2.45, 2.75) is 38.2 Å². The summed E-state index contributed by atoms with van der Waals surface area (Å²) in [6, 6.07) is 0. The number of nitrogens with zero attached hydrogens (tertiary/aromatic N) is 3. The minimum absolute atomic E-state index is 0.575. The number of hydrogen-bond acceptors (Lipinski definition) is 4. The van der Waals surface area contributed by atoms with Crippen LogP contribution in [0.4, 0.5) is 5.82 Å². The lowest BCUT2D eigenvalue weighted by atomic mass is 10.2. The summed E-state index contributed by atoms with van der Waals surface area (Å²) in [5.74, 6) is 1.75. The van der Waals surface area contributed by atoms with Crippen LogP contribution in [0.3, 0.4) is 0 Å². The molecule has 0 bridgehead atoms. The van der Waals surface area contributed by atoms with Crippen molar-refractivity contribution < 1.29 is 0 Å². The smallest absolute Gasteiger partial charge is 0.137 e. The number of aromatic nitrogens is 2. The Kier molecular flexibility index (Phi) is 3.83. The van der Waals surface area contributed by atoms with Gasteiger partial charge in [-0.05, 0) is 13.8 Å². The van der Waals surface area contributed by atoms with Gasteiger partial charge in [-0.1, -0.05) is 25.4 Å². The first-order valence-corrected chi connectivity index (χ1v) is 7.20. The highest BCUT2D eigenvalue weighted by Crippen LogP contribution is 2.30. The quantitative estimate of drug-likeness (QED) is 0.734. The maximum Gasteiger partial charge on any atom is 0.137 e. The number of anilines is 1. The Balaban J connectivity index is 2.33. The van der Waals surface area contributed by atoms with Crippen molar-refractivity contribution in [1.29, 1.82) is 0 Å². The van der Waals surface area contributed by atoms with E-state index in [0.717, 1.165) is 30.3 Å². The highest BCUT2D eigenvalue weighted by Gasteiger charge is 2.25. The number of thioether (sulfide) groups is 1. The summed E-state index contributed by atoms with van der Waals surface area (Å²) in [4.78, 5) is 11.1. The second-order valence-electron chi connectivity index (χ2n) is 4.67. The SMILES string of the molecule is Cc1nc(Cl)c(C)c(N2CC(C)SC(C)C2)n1. The zero-order valence-electron chi connectivity index (χ0n) is 10.7. The van der Waals surface area contributed by atoms with Gasteiger partial charge in [-0.3, -0.25) is 0 Å². The molecular weight excluding hydrogens is 254 g/mol. The molecule has 0 saturated carbocycles. The highest BCUT2D eigenvalue weighted by molar-refractivity contribution is 8.00. The Bertz CT molecular complexity index is 414. The van der Waals surface area contributed by atoms with Crippen LogP contribution in [-0.2, 0) is 0 Å². The Morgan fingerprint density at radius 2 is 1.76 bits per heavy atom. The summed E-state index contributed by atoms with van der Waals surface area (Å²) in [6.45, 7) is 10.5. The molecule has 2 atom stereocenters. The average molecular weight is 272 g/mol. The molecule has 1 aromatic rings. The van der Waals surface area contributed by atoms with E-state index in [0.29, 0.717) is 15.7 Å². The molecule has 0 N–H and O–H groups in total. The fourth-order valence-corrected chi connectivity index (χ4v) is 3.77. The number of halogens is 1. The zero-order chi connectivity index (χ0) is 12.6. The van der Waals surface area contributed by atoms with Crippen molar-refractivity contribution >= 4 is 29.2 Å². The molecule has 2 heterocycles. The van der Waals surface area contributed by atoms with Crippen LogP contribution < -0.4 is 4.90 Å². The van der Waals surface area contributed by atoms with E-state index < -0.39 is 0 Å². The molecule has 94 valence electrons. The van der Waals surface area contributed by atoms with Gasteiger partial charge in [-0.2, -0.15) is 11.8 Å². The summed E-state index contributed by atoms with van der Waals surface area (Å²) in [6.07, 6.45) is 0. The topological polar surface area (TPSA) is 29.0 Å². The van der Waals surface area contributed by atoms with E-state index in [-0.39, 0.29) is 0 Å². The first-order chi connectivity index (χ1) is 7.97. The van der Waals surface area contributed by atoms with Gasteiger partial charge < -0.3 is 4.90 Å². The maximum absolute atomic E-state index is 6.13. The largest absolute Gasteiger partial charge is 0.354 e. The van der Waals surface area contributed by atoms with Gasteiger partial charge in [-0.15, -0.1) is 0 Å². The molecule has 5 heteroatoms. The fourth-order valence-electron chi connectivity index (χ4n) is 2.24. The van der Waals surface area contributed by atoms with E-state index in [1.807, 2.05) is 25.6 Å². The van der Waals surface area contributed by atoms with E-state index in [1.54, 1.807) is 0 Å². The molecule has 0 amide bonds. The first kappa shape index (κ1) is 13.0. The molecular formula is C12H18ClN3S. The Labute approximate surface area is 112 Å². The molecule has 1 fully saturated rings. The minimum Gasteiger partial charge on any atom is -0.354 e. The van der Waals surface area contributed by atoms with Crippen LogP contribution in [0.15, 0.2) is 0 Å². The summed E-state index contributed by atoms with van der Waals surface area (Å²) < 4.78 is 0. The molecule has 1 saturated heterocycles. The molecule has 0 aliphatic carbocycles. The van der Waals surface area contributed by atoms with Crippen LogP contribution in [-0.4, -0.2) is 33.6 Å². The van der Waals surface area contributed by atoms with Crippen LogP contribution >= 0.6 is 23.4 Å². The van der Waals surface area contributed by atoms with E-state index in [1.165, 1.54) is 0 Å². The maximum atomic E-state index is 6.13. The van der Waals surface area contributed by atoms with Gasteiger partial charge >= 0.3 is 0 Å². The minimum atomic E-state index is 0.575. The van der Waals surface area contributed by atoms with E-state index in [2.05, 4.69) is 28.7 Å². The van der Waals surface area contributed by atoms with Crippen molar-refractivity contribution in [2.24, 2.45) is 0 Å². The van der Waals surface area contributed by atoms with E-state index >= 15 is 0 Å². The van der Waals surface area contributed by atoms with Crippen molar-refractivity contribution in [3.63, 3.8) is 0 Å². The lowest BCUT2D eigenvalue weighted by molar-refractivity contribution is 0.712. The van der Waals surface area contributed by atoms with Crippen LogP contribution in [0.1, 0.15) is 25.2 Å². The molecule has 1 aromatic heterocycles. The summed E-state index contributed by atoms with van der Waals surface area (Å²) >= 11 is 8.16. The molecule has 0 spiro atoms. The Morgan fingerprint density at radius 1 is 1.18 bits per heavy atom. The van der Waals surface area contributed by atoms with Crippen molar-refractivity contribution in [1.82, 2.24) is 9.97 Å². The average Bonchev–Trinajstić information content (AvgIpc) is 2.22. The van der Waals surface area contributed by atoms with E-state index in [4.69, 9.17) is 11.6 Å². The Hall–Kier alpha value is -0.480. The molecule has 2 unspecified atom stereocenters. The molecule has 1 aliphatic heterocycles. The van der Waals surface area contributed by atoms with Crippen molar-refractivity contribution in [3.05, 3.63) is 16.5 Å². The number of aryl methyl sites for hydroxylation is 1.